The smallest absolute Gasteiger partial charge is 0.414 e. The van der Waals surface area contributed by atoms with Crippen LogP contribution in [0, 0.1) is 0 Å². The summed E-state index contributed by atoms with van der Waals surface area (Å²) in [5.74, 6) is -1.61. The molecule has 2 aliphatic heterocycles. The molecular formula is C56H72N14O8. The van der Waals surface area contributed by atoms with Gasteiger partial charge in [0, 0.05) is 153 Å². The number of para-hydroxylation sites is 2. The molecule has 22 heteroatoms. The first kappa shape index (κ1) is 56.6. The van der Waals surface area contributed by atoms with Crippen LogP contribution >= 0.6 is 0 Å². The molecule has 0 aliphatic carbocycles. The van der Waals surface area contributed by atoms with E-state index in [0.29, 0.717) is 50.9 Å². The Bertz CT molecular complexity index is 3060. The molecule has 2 aromatic carbocycles. The number of carbonyl (C=O) groups is 4. The van der Waals surface area contributed by atoms with Crippen LogP contribution in [0.25, 0.3) is 44.1 Å². The van der Waals surface area contributed by atoms with Gasteiger partial charge in [0.1, 0.15) is 34.1 Å². The van der Waals surface area contributed by atoms with Crippen LogP contribution < -0.4 is 10.6 Å². The molecule has 8 aromatic rings. The van der Waals surface area contributed by atoms with Crippen molar-refractivity contribution in [3.63, 3.8) is 0 Å². The Morgan fingerprint density at radius 1 is 0.526 bits per heavy atom. The van der Waals surface area contributed by atoms with Gasteiger partial charge in [-0.25, -0.2) is 29.5 Å². The summed E-state index contributed by atoms with van der Waals surface area (Å²) in [7, 11) is 3.88. The fraction of sp³-hybridized carbons (Fsp3) is 0.429. The molecule has 6 aromatic heterocycles. The number of ether oxygens (including phenoxy) is 2. The molecular weight excluding hydrogens is 997 g/mol. The number of aromatic nitrogens is 8. The molecule has 0 radical (unpaired) electrons. The van der Waals surface area contributed by atoms with Crippen LogP contribution in [0.3, 0.4) is 0 Å². The summed E-state index contributed by atoms with van der Waals surface area (Å²) in [5, 5.41) is 23.2. The zero-order valence-corrected chi connectivity index (χ0v) is 45.1. The van der Waals surface area contributed by atoms with Crippen molar-refractivity contribution in [2.75, 3.05) is 105 Å². The Morgan fingerprint density at radius 3 is 1.28 bits per heavy atom. The highest BCUT2D eigenvalue weighted by atomic mass is 16.5. The van der Waals surface area contributed by atoms with Crippen molar-refractivity contribution in [2.24, 2.45) is 14.1 Å². The van der Waals surface area contributed by atoms with Crippen LogP contribution in [0.4, 0.5) is 0 Å². The number of pyridine rings is 2. The van der Waals surface area contributed by atoms with Crippen molar-refractivity contribution in [1.82, 2.24) is 68.4 Å². The fourth-order valence-electron chi connectivity index (χ4n) is 9.91. The molecule has 22 nitrogen and oxygen atoms in total. The second-order valence-electron chi connectivity index (χ2n) is 19.1. The van der Waals surface area contributed by atoms with Gasteiger partial charge in [-0.15, -0.1) is 0 Å². The zero-order chi connectivity index (χ0) is 55.0. The molecule has 2 saturated heterocycles. The molecule has 414 valence electrons. The minimum atomic E-state index is -1.82. The van der Waals surface area contributed by atoms with E-state index in [-0.39, 0.29) is 11.8 Å². The largest absolute Gasteiger partial charge is 0.473 e. The van der Waals surface area contributed by atoms with E-state index in [9.17, 15) is 9.59 Å². The average Bonchev–Trinajstić information content (AvgIpc) is 4.26. The lowest BCUT2D eigenvalue weighted by atomic mass is 10.2. The highest BCUT2D eigenvalue weighted by Crippen LogP contribution is 2.21. The number of amides is 2. The third-order valence-corrected chi connectivity index (χ3v) is 14.1. The summed E-state index contributed by atoms with van der Waals surface area (Å²) < 4.78 is 19.5. The summed E-state index contributed by atoms with van der Waals surface area (Å²) in [5.41, 5.74) is 7.25. The van der Waals surface area contributed by atoms with Crippen molar-refractivity contribution in [2.45, 2.75) is 40.0 Å². The van der Waals surface area contributed by atoms with E-state index in [1.165, 1.54) is 0 Å². The molecule has 10 rings (SSSR count). The maximum absolute atomic E-state index is 12.8. The molecule has 0 bridgehead atoms. The van der Waals surface area contributed by atoms with Gasteiger partial charge in [0.25, 0.3) is 11.8 Å². The number of fused-ring (bicyclic) bond motifs is 4. The topological polar surface area (TPSA) is 235 Å². The molecule has 2 fully saturated rings. The quantitative estimate of drug-likeness (QED) is 0.0620. The van der Waals surface area contributed by atoms with Crippen molar-refractivity contribution in [1.29, 1.82) is 0 Å². The van der Waals surface area contributed by atoms with Gasteiger partial charge in [-0.3, -0.25) is 29.2 Å². The van der Waals surface area contributed by atoms with E-state index in [4.69, 9.17) is 39.2 Å². The van der Waals surface area contributed by atoms with Crippen LogP contribution in [-0.2, 0) is 59.3 Å². The Balaban J connectivity index is 0.000000186. The maximum Gasteiger partial charge on any atom is 0.414 e. The van der Waals surface area contributed by atoms with Crippen LogP contribution in [0.15, 0.2) is 97.3 Å². The van der Waals surface area contributed by atoms with Gasteiger partial charge < -0.3 is 48.6 Å². The Hall–Kier alpha value is -7.60. The van der Waals surface area contributed by atoms with E-state index in [2.05, 4.69) is 49.3 Å². The van der Waals surface area contributed by atoms with Crippen molar-refractivity contribution in [3.05, 3.63) is 120 Å². The Labute approximate surface area is 453 Å². The van der Waals surface area contributed by atoms with Crippen molar-refractivity contribution >= 4 is 67.9 Å². The highest BCUT2D eigenvalue weighted by molar-refractivity contribution is 6.27. The highest BCUT2D eigenvalue weighted by Gasteiger charge is 2.23. The minimum absolute atomic E-state index is 0.0214. The Kier molecular flexibility index (Phi) is 20.1. The van der Waals surface area contributed by atoms with Gasteiger partial charge >= 0.3 is 11.9 Å². The number of carbonyl (C=O) groups excluding carboxylic acids is 2. The first-order valence-electron chi connectivity index (χ1n) is 26.7. The van der Waals surface area contributed by atoms with Gasteiger partial charge in [0.05, 0.1) is 26.3 Å². The molecule has 4 N–H and O–H groups in total. The number of hydrogen-bond acceptors (Lipinski definition) is 14. The van der Waals surface area contributed by atoms with Crippen LogP contribution in [0.5, 0.6) is 0 Å². The molecule has 8 heterocycles. The zero-order valence-electron chi connectivity index (χ0n) is 45.1. The monoisotopic (exact) mass is 1070 g/mol. The minimum Gasteiger partial charge on any atom is -0.473 e. The van der Waals surface area contributed by atoms with Crippen molar-refractivity contribution in [3.8, 4) is 0 Å². The predicted molar refractivity (Wildman–Crippen MR) is 297 cm³/mol. The summed E-state index contributed by atoms with van der Waals surface area (Å²) in [6, 6.07) is 28.0. The van der Waals surface area contributed by atoms with E-state index in [1.807, 2.05) is 134 Å². The molecule has 78 heavy (non-hydrogen) atoms. The standard InChI is InChI=1S/2C27H35N7O2.C2H2O4/c2*1-3-36-18-17-34-25(30-22-8-6-10-28-26(22)34)20-33-15-13-32(14-16-33)12-11-29-27(35)24-19-21-7-4-5-9-23(21)31(24)2;3-1(4)2(5)6/h2*4-10,19H,3,11-18,20H2,1-2H3,(H,29,35);(H,3,4)(H,5,6). The summed E-state index contributed by atoms with van der Waals surface area (Å²) in [4.78, 5) is 72.3. The third-order valence-electron chi connectivity index (χ3n) is 14.1. The predicted octanol–water partition coefficient (Wildman–Crippen LogP) is 4.17. The van der Waals surface area contributed by atoms with Gasteiger partial charge in [0.2, 0.25) is 0 Å². The average molecular weight is 1070 g/mol. The lowest BCUT2D eigenvalue weighted by Gasteiger charge is -2.34. The second-order valence-corrected chi connectivity index (χ2v) is 19.1. The maximum atomic E-state index is 12.8. The van der Waals surface area contributed by atoms with Crippen LogP contribution in [0.1, 0.15) is 46.5 Å². The molecule has 0 spiro atoms. The van der Waals surface area contributed by atoms with E-state index in [0.717, 1.165) is 147 Å². The molecule has 0 unspecified atom stereocenters. The first-order chi connectivity index (χ1) is 37.9. The summed E-state index contributed by atoms with van der Waals surface area (Å²) in [6.07, 6.45) is 3.64. The number of piperazine rings is 2. The third kappa shape index (κ3) is 14.5. The molecule has 0 atom stereocenters. The first-order valence-corrected chi connectivity index (χ1v) is 26.7. The summed E-state index contributed by atoms with van der Waals surface area (Å²) in [6.45, 7) is 20.6. The number of nitrogens with one attached hydrogen (secondary N) is 2. The van der Waals surface area contributed by atoms with Gasteiger partial charge in [-0.05, 0) is 62.4 Å². The lowest BCUT2D eigenvalue weighted by Crippen LogP contribution is -2.48. The SMILES string of the molecule is CCOCCn1c(CN2CCN(CCNC(=O)c3cc4ccccc4n3C)CC2)nc2cccnc21.CCOCCn1c(CN2CCN(CCNC(=O)c3cc4ccccc4n3C)CC2)nc2cccnc21.O=C(O)C(=O)O. The number of benzene rings is 2. The number of aryl methyl sites for hydroxylation is 2. The number of rotatable bonds is 20. The fourth-order valence-corrected chi connectivity index (χ4v) is 9.91. The number of aliphatic carboxylic acids is 2. The number of imidazole rings is 2. The molecule has 2 aliphatic rings. The van der Waals surface area contributed by atoms with E-state index >= 15 is 0 Å². The van der Waals surface area contributed by atoms with E-state index in [1.54, 1.807) is 0 Å². The van der Waals surface area contributed by atoms with Gasteiger partial charge in [-0.2, -0.15) is 0 Å². The lowest BCUT2D eigenvalue weighted by molar-refractivity contribution is -0.159. The van der Waals surface area contributed by atoms with Crippen LogP contribution in [-0.4, -0.2) is 197 Å². The van der Waals surface area contributed by atoms with Crippen LogP contribution in [0.2, 0.25) is 0 Å². The van der Waals surface area contributed by atoms with Gasteiger partial charge in [0.15, 0.2) is 11.3 Å². The second kappa shape index (κ2) is 27.6. The molecule has 2 amide bonds. The Morgan fingerprint density at radius 2 is 0.910 bits per heavy atom. The normalized spacial score (nSPS) is 14.6. The number of nitrogens with zero attached hydrogens (tertiary/aromatic N) is 12. The van der Waals surface area contributed by atoms with Gasteiger partial charge in [-0.1, -0.05) is 36.4 Å². The van der Waals surface area contributed by atoms with Crippen molar-refractivity contribution < 1.29 is 38.9 Å². The van der Waals surface area contributed by atoms with E-state index < -0.39 is 11.9 Å². The molecule has 0 saturated carbocycles. The summed E-state index contributed by atoms with van der Waals surface area (Å²) >= 11 is 0. The number of hydrogen-bond donors (Lipinski definition) is 4. The number of carboxylic acid groups (broad SMARTS) is 2. The number of carboxylic acids is 2.